The fraction of sp³-hybridized carbons (Fsp3) is 0.522. The minimum absolute atomic E-state index is 0. The number of aromatic nitrogens is 4. The van der Waals surface area contributed by atoms with Gasteiger partial charge >= 0.3 is 0 Å². The summed E-state index contributed by atoms with van der Waals surface area (Å²) in [6.07, 6.45) is 3.16. The van der Waals surface area contributed by atoms with Crippen LogP contribution in [0.15, 0.2) is 24.4 Å². The summed E-state index contributed by atoms with van der Waals surface area (Å²) < 4.78 is 22.3. The SMILES string of the molecule is Cc1nc(N2C[C@@H]3C[C@H]2CO3)cc(-n2ncc3cc(C)c([C@H]4CCNC[C@H]4F)cc32)n1.Cl. The molecule has 0 aliphatic carbocycles. The van der Waals surface area contributed by atoms with E-state index in [0.29, 0.717) is 24.5 Å². The number of morpholine rings is 1. The monoisotopic (exact) mass is 458 g/mol. The molecule has 9 heteroatoms. The number of hydrogen-bond donors (Lipinski definition) is 1. The third-order valence-corrected chi connectivity index (χ3v) is 6.99. The molecule has 6 rings (SSSR count). The maximum Gasteiger partial charge on any atom is 0.159 e. The molecule has 0 spiro atoms. The van der Waals surface area contributed by atoms with Crippen LogP contribution in [0, 0.1) is 13.8 Å². The van der Waals surface area contributed by atoms with Gasteiger partial charge in [-0.05, 0) is 56.5 Å². The van der Waals surface area contributed by atoms with Crippen molar-refractivity contribution in [1.29, 1.82) is 0 Å². The highest BCUT2D eigenvalue weighted by Crippen LogP contribution is 2.35. The van der Waals surface area contributed by atoms with Crippen molar-refractivity contribution in [1.82, 2.24) is 25.1 Å². The van der Waals surface area contributed by atoms with Crippen LogP contribution < -0.4 is 10.2 Å². The molecule has 2 aromatic heterocycles. The molecule has 3 aliphatic rings. The van der Waals surface area contributed by atoms with Crippen molar-refractivity contribution >= 4 is 29.1 Å². The van der Waals surface area contributed by atoms with Crippen molar-refractivity contribution in [3.05, 3.63) is 41.3 Å². The zero-order chi connectivity index (χ0) is 21.1. The van der Waals surface area contributed by atoms with Gasteiger partial charge in [-0.1, -0.05) is 0 Å². The summed E-state index contributed by atoms with van der Waals surface area (Å²) in [5, 5.41) is 8.84. The second-order valence-corrected chi connectivity index (χ2v) is 9.07. The normalized spacial score (nSPS) is 27.2. The van der Waals surface area contributed by atoms with Gasteiger partial charge in [0.15, 0.2) is 5.82 Å². The predicted molar refractivity (Wildman–Crippen MR) is 124 cm³/mol. The number of benzene rings is 1. The number of aryl methyl sites for hydroxylation is 2. The summed E-state index contributed by atoms with van der Waals surface area (Å²) in [6, 6.07) is 6.64. The number of anilines is 1. The third kappa shape index (κ3) is 3.54. The number of hydrogen-bond acceptors (Lipinski definition) is 6. The van der Waals surface area contributed by atoms with Crippen LogP contribution in [0.4, 0.5) is 10.2 Å². The van der Waals surface area contributed by atoms with Gasteiger partial charge < -0.3 is 15.0 Å². The number of rotatable bonds is 3. The fourth-order valence-corrected chi connectivity index (χ4v) is 5.43. The van der Waals surface area contributed by atoms with E-state index < -0.39 is 6.17 Å². The molecule has 2 bridgehead atoms. The van der Waals surface area contributed by atoms with Gasteiger partial charge in [0.05, 0.1) is 30.5 Å². The zero-order valence-electron chi connectivity index (χ0n) is 18.3. The van der Waals surface area contributed by atoms with Crippen LogP contribution in [-0.2, 0) is 4.74 Å². The third-order valence-electron chi connectivity index (χ3n) is 6.99. The number of nitrogens with one attached hydrogen (secondary N) is 1. The topological polar surface area (TPSA) is 68.1 Å². The molecule has 3 aromatic rings. The molecule has 1 aromatic carbocycles. The van der Waals surface area contributed by atoms with E-state index >= 15 is 0 Å². The van der Waals surface area contributed by atoms with E-state index in [0.717, 1.165) is 66.2 Å². The Kier molecular flexibility index (Phi) is 5.55. The molecule has 0 amide bonds. The molecule has 3 saturated heterocycles. The zero-order valence-corrected chi connectivity index (χ0v) is 19.1. The van der Waals surface area contributed by atoms with E-state index in [1.807, 2.05) is 23.9 Å². The molecular weight excluding hydrogens is 431 g/mol. The first-order chi connectivity index (χ1) is 15.1. The van der Waals surface area contributed by atoms with Gasteiger partial charge in [-0.3, -0.25) is 0 Å². The molecule has 0 radical (unpaired) electrons. The number of alkyl halides is 1. The second kappa shape index (κ2) is 8.24. The van der Waals surface area contributed by atoms with Gasteiger partial charge in [-0.2, -0.15) is 5.10 Å². The van der Waals surface area contributed by atoms with Crippen molar-refractivity contribution in [2.75, 3.05) is 31.1 Å². The lowest BCUT2D eigenvalue weighted by atomic mass is 9.85. The second-order valence-electron chi connectivity index (χ2n) is 9.07. The van der Waals surface area contributed by atoms with Gasteiger partial charge in [-0.25, -0.2) is 19.0 Å². The number of piperidine rings is 1. The Bertz CT molecular complexity index is 1150. The average molecular weight is 459 g/mol. The van der Waals surface area contributed by atoms with Crippen LogP contribution in [0.2, 0.25) is 0 Å². The Morgan fingerprint density at radius 2 is 2.00 bits per heavy atom. The van der Waals surface area contributed by atoms with Gasteiger partial charge in [-0.15, -0.1) is 12.4 Å². The van der Waals surface area contributed by atoms with Crippen molar-refractivity contribution in [2.45, 2.75) is 50.9 Å². The molecule has 1 N–H and O–H groups in total. The Hall–Kier alpha value is -2.29. The summed E-state index contributed by atoms with van der Waals surface area (Å²) in [7, 11) is 0. The smallest absolute Gasteiger partial charge is 0.159 e. The molecule has 0 unspecified atom stereocenters. The lowest BCUT2D eigenvalue weighted by molar-refractivity contribution is 0.0988. The standard InChI is InChI=1S/C23H27FN6O.ClH/c1-13-5-15-9-26-30(21(15)7-19(13)18-3-4-25-10-20(18)24)23-8-22(27-14(2)28-23)29-11-17-6-16(29)12-31-17;/h5,7-9,16-18,20,25H,3-4,6,10-12H2,1-2H3;1H/t16-,17-,18+,20+;/m0./s1. The summed E-state index contributed by atoms with van der Waals surface area (Å²) in [5.41, 5.74) is 3.15. The average Bonchev–Trinajstić information content (AvgIpc) is 3.49. The predicted octanol–water partition coefficient (Wildman–Crippen LogP) is 3.25. The van der Waals surface area contributed by atoms with E-state index in [9.17, 15) is 4.39 Å². The van der Waals surface area contributed by atoms with Crippen LogP contribution in [-0.4, -0.2) is 64.3 Å². The molecule has 0 saturated carbocycles. The lowest BCUT2D eigenvalue weighted by Crippen LogP contribution is -2.37. The Balaban J connectivity index is 0.00000216. The van der Waals surface area contributed by atoms with E-state index in [4.69, 9.17) is 9.72 Å². The van der Waals surface area contributed by atoms with Crippen LogP contribution in [0.1, 0.15) is 35.7 Å². The molecule has 32 heavy (non-hydrogen) atoms. The summed E-state index contributed by atoms with van der Waals surface area (Å²) >= 11 is 0. The van der Waals surface area contributed by atoms with Crippen LogP contribution in [0.5, 0.6) is 0 Å². The molecular formula is C23H28ClFN6O. The molecule has 7 nitrogen and oxygen atoms in total. The van der Waals surface area contributed by atoms with Gasteiger partial charge in [0.25, 0.3) is 0 Å². The number of fused-ring (bicyclic) bond motifs is 3. The molecule has 3 aliphatic heterocycles. The first-order valence-electron chi connectivity index (χ1n) is 11.1. The molecule has 5 heterocycles. The highest BCUT2D eigenvalue weighted by Gasteiger charge is 2.40. The van der Waals surface area contributed by atoms with Crippen LogP contribution in [0.3, 0.4) is 0 Å². The minimum Gasteiger partial charge on any atom is -0.374 e. The lowest BCUT2D eigenvalue weighted by Gasteiger charge is -2.28. The highest BCUT2D eigenvalue weighted by molar-refractivity contribution is 5.85. The van der Waals surface area contributed by atoms with Gasteiger partial charge in [0.2, 0.25) is 0 Å². The molecule has 170 valence electrons. The highest BCUT2D eigenvalue weighted by atomic mass is 35.5. The first-order valence-corrected chi connectivity index (χ1v) is 11.1. The summed E-state index contributed by atoms with van der Waals surface area (Å²) in [4.78, 5) is 11.7. The summed E-state index contributed by atoms with van der Waals surface area (Å²) in [5.74, 6) is 2.31. The van der Waals surface area contributed by atoms with Gasteiger partial charge in [0, 0.05) is 30.5 Å². The van der Waals surface area contributed by atoms with Crippen LogP contribution >= 0.6 is 12.4 Å². The van der Waals surface area contributed by atoms with Crippen molar-refractivity contribution in [3.8, 4) is 5.82 Å². The first kappa shape index (κ1) is 21.6. The maximum atomic E-state index is 14.7. The number of halogens is 2. The fourth-order valence-electron chi connectivity index (χ4n) is 5.43. The number of nitrogens with zero attached hydrogens (tertiary/aromatic N) is 5. The van der Waals surface area contributed by atoms with E-state index in [2.05, 4.69) is 39.4 Å². The largest absolute Gasteiger partial charge is 0.374 e. The van der Waals surface area contributed by atoms with Gasteiger partial charge in [0.1, 0.15) is 17.8 Å². The van der Waals surface area contributed by atoms with E-state index in [1.54, 1.807) is 0 Å². The van der Waals surface area contributed by atoms with E-state index in [-0.39, 0.29) is 18.3 Å². The van der Waals surface area contributed by atoms with Crippen molar-refractivity contribution in [2.24, 2.45) is 0 Å². The van der Waals surface area contributed by atoms with E-state index in [1.165, 1.54) is 0 Å². The Morgan fingerprint density at radius 3 is 2.75 bits per heavy atom. The quantitative estimate of drug-likeness (QED) is 0.649. The van der Waals surface area contributed by atoms with Crippen LogP contribution in [0.25, 0.3) is 16.7 Å². The Morgan fingerprint density at radius 1 is 1.16 bits per heavy atom. The molecule has 3 fully saturated rings. The Labute approximate surface area is 192 Å². The minimum atomic E-state index is -0.873. The summed E-state index contributed by atoms with van der Waals surface area (Å²) in [6.45, 7) is 6.88. The maximum absolute atomic E-state index is 14.7. The van der Waals surface area contributed by atoms with Crippen molar-refractivity contribution in [3.63, 3.8) is 0 Å². The number of ether oxygens (including phenoxy) is 1. The van der Waals surface area contributed by atoms with Crippen molar-refractivity contribution < 1.29 is 9.13 Å². The molecule has 4 atom stereocenters.